The lowest BCUT2D eigenvalue weighted by Crippen LogP contribution is -2.58. The Labute approximate surface area is 195 Å². The first kappa shape index (κ1) is 22.9. The van der Waals surface area contributed by atoms with Crippen LogP contribution in [0.25, 0.3) is 10.3 Å². The van der Waals surface area contributed by atoms with Crippen LogP contribution in [0.15, 0.2) is 35.4 Å². The number of alkyl halides is 3. The number of aromatic nitrogens is 3. The molecule has 2 aliphatic rings. The van der Waals surface area contributed by atoms with E-state index in [0.29, 0.717) is 28.8 Å². The zero-order valence-corrected chi connectivity index (χ0v) is 19.1. The summed E-state index contributed by atoms with van der Waals surface area (Å²) in [5.74, 6) is -0.276. The lowest BCUT2D eigenvalue weighted by Gasteiger charge is -2.38. The van der Waals surface area contributed by atoms with Crippen molar-refractivity contribution in [2.75, 3.05) is 24.5 Å². The first-order valence-corrected chi connectivity index (χ1v) is 12.6. The number of hydrogen-bond acceptors (Lipinski definition) is 8. The molecule has 1 aromatic carbocycles. The maximum Gasteiger partial charge on any atom is 0.416 e. The van der Waals surface area contributed by atoms with Gasteiger partial charge in [0.25, 0.3) is 0 Å². The van der Waals surface area contributed by atoms with E-state index in [1.807, 2.05) is 0 Å². The Morgan fingerprint density at radius 2 is 1.82 bits per heavy atom. The van der Waals surface area contributed by atoms with E-state index in [2.05, 4.69) is 15.0 Å². The molecule has 1 atom stereocenters. The fourth-order valence-electron chi connectivity index (χ4n) is 3.79. The number of anilines is 1. The minimum Gasteiger partial charge on any atom is -0.480 e. The zero-order valence-electron chi connectivity index (χ0n) is 17.4. The number of carbonyl (C=O) groups is 1. The van der Waals surface area contributed by atoms with E-state index < -0.39 is 38.7 Å². The number of fused-ring (bicyclic) bond motifs is 1. The van der Waals surface area contributed by atoms with E-state index in [-0.39, 0.29) is 19.6 Å². The van der Waals surface area contributed by atoms with Gasteiger partial charge in [0.1, 0.15) is 11.9 Å². The number of hydrogen-bond donors (Lipinski definition) is 1. The summed E-state index contributed by atoms with van der Waals surface area (Å²) in [5, 5.41) is 10.3. The summed E-state index contributed by atoms with van der Waals surface area (Å²) in [7, 11) is -4.34. The minimum absolute atomic E-state index is 0.159. The molecule has 3 heterocycles. The van der Waals surface area contributed by atoms with Crippen LogP contribution >= 0.6 is 11.3 Å². The third-order valence-corrected chi connectivity index (χ3v) is 8.74. The number of halogens is 3. The molecule has 1 aliphatic heterocycles. The molecule has 1 saturated carbocycles. The summed E-state index contributed by atoms with van der Waals surface area (Å²) in [6.07, 6.45) is -0.841. The smallest absolute Gasteiger partial charge is 0.416 e. The Morgan fingerprint density at radius 1 is 1.12 bits per heavy atom. The lowest BCUT2D eigenvalue weighted by atomic mass is 10.2. The van der Waals surface area contributed by atoms with Crippen molar-refractivity contribution in [1.29, 1.82) is 0 Å². The first-order valence-electron chi connectivity index (χ1n) is 10.3. The molecular weight excluding hydrogens is 495 g/mol. The number of nitrogens with zero attached hydrogens (tertiary/aromatic N) is 5. The molecule has 2 fully saturated rings. The van der Waals surface area contributed by atoms with Gasteiger partial charge in [0, 0.05) is 25.6 Å². The maximum atomic E-state index is 13.1. The van der Waals surface area contributed by atoms with Crippen LogP contribution in [-0.2, 0) is 21.0 Å². The highest BCUT2D eigenvalue weighted by atomic mass is 32.2. The van der Waals surface area contributed by atoms with E-state index in [4.69, 9.17) is 0 Å². The molecule has 180 valence electrons. The van der Waals surface area contributed by atoms with Gasteiger partial charge in [0.15, 0.2) is 10.8 Å². The summed E-state index contributed by atoms with van der Waals surface area (Å²) < 4.78 is 66.2. The molecule has 3 aromatic rings. The van der Waals surface area contributed by atoms with Gasteiger partial charge in [-0.1, -0.05) is 11.3 Å². The first-order chi connectivity index (χ1) is 16.0. The molecule has 0 bridgehead atoms. The number of carboxylic acids is 1. The molecule has 5 rings (SSSR count). The molecule has 1 saturated heterocycles. The summed E-state index contributed by atoms with van der Waals surface area (Å²) >= 11 is 1.29. The maximum absolute atomic E-state index is 13.1. The van der Waals surface area contributed by atoms with Crippen molar-refractivity contribution in [3.63, 3.8) is 0 Å². The number of rotatable bonds is 5. The Bertz CT molecular complexity index is 1360. The highest BCUT2D eigenvalue weighted by molar-refractivity contribution is 7.89. The Balaban J connectivity index is 1.39. The van der Waals surface area contributed by atoms with Gasteiger partial charge >= 0.3 is 12.1 Å². The molecular formula is C20H18F3N5O4S2. The highest BCUT2D eigenvalue weighted by Gasteiger charge is 2.41. The molecule has 0 amide bonds. The largest absolute Gasteiger partial charge is 0.480 e. The molecule has 2 aromatic heterocycles. The zero-order chi connectivity index (χ0) is 24.3. The number of aliphatic carboxylic acids is 1. The van der Waals surface area contributed by atoms with Gasteiger partial charge in [-0.25, -0.2) is 18.4 Å². The summed E-state index contributed by atoms with van der Waals surface area (Å²) in [6.45, 7) is -0.181. The van der Waals surface area contributed by atoms with Gasteiger partial charge in [0.2, 0.25) is 10.0 Å². The third-order valence-electron chi connectivity index (χ3n) is 5.78. The topological polar surface area (TPSA) is 117 Å². The number of benzene rings is 1. The quantitative estimate of drug-likeness (QED) is 0.554. The molecule has 0 spiro atoms. The van der Waals surface area contributed by atoms with E-state index >= 15 is 0 Å². The van der Waals surface area contributed by atoms with Crippen LogP contribution in [0.1, 0.15) is 30.1 Å². The second-order valence-electron chi connectivity index (χ2n) is 8.12. The molecule has 1 aliphatic carbocycles. The van der Waals surface area contributed by atoms with Crippen molar-refractivity contribution in [2.45, 2.75) is 35.9 Å². The standard InChI is InChI=1S/C20H18F3N5O4S2/c21-20(22,23)12-3-5-13(6-4-12)34(31,32)28-8-7-27(10-14(28)18(29)30)19-26-17-15(33-19)9-24-16(25-17)11-1-2-11/h3-6,9,11,14H,1-2,7-8,10H2,(H,29,30)/t14-/m1/s1. The van der Waals surface area contributed by atoms with E-state index in [9.17, 15) is 31.5 Å². The number of sulfonamides is 1. The van der Waals surface area contributed by atoms with Gasteiger partial charge in [0.05, 0.1) is 21.4 Å². The van der Waals surface area contributed by atoms with Gasteiger partial charge in [-0.2, -0.15) is 22.5 Å². The lowest BCUT2D eigenvalue weighted by molar-refractivity contribution is -0.141. The van der Waals surface area contributed by atoms with Crippen LogP contribution in [0.5, 0.6) is 0 Å². The molecule has 9 nitrogen and oxygen atoms in total. The Morgan fingerprint density at radius 3 is 2.44 bits per heavy atom. The minimum atomic E-state index is -4.61. The molecule has 0 unspecified atom stereocenters. The van der Waals surface area contributed by atoms with Crippen molar-refractivity contribution in [3.05, 3.63) is 41.9 Å². The third kappa shape index (κ3) is 4.20. The summed E-state index contributed by atoms with van der Waals surface area (Å²) in [6, 6.07) is 1.56. The van der Waals surface area contributed by atoms with Crippen molar-refractivity contribution < 1.29 is 31.5 Å². The van der Waals surface area contributed by atoms with Crippen molar-refractivity contribution in [2.24, 2.45) is 0 Å². The SMILES string of the molecule is O=C(O)[C@H]1CN(c2nc3nc(C4CC4)ncc3s2)CCN1S(=O)(=O)c1ccc(C(F)(F)F)cc1. The van der Waals surface area contributed by atoms with E-state index in [0.717, 1.165) is 39.8 Å². The highest BCUT2D eigenvalue weighted by Crippen LogP contribution is 2.39. The number of thiazole rings is 1. The van der Waals surface area contributed by atoms with Crippen LogP contribution in [0, 0.1) is 0 Å². The fourth-order valence-corrected chi connectivity index (χ4v) is 6.27. The number of carboxylic acid groups (broad SMARTS) is 1. The van der Waals surface area contributed by atoms with Crippen LogP contribution in [0.4, 0.5) is 18.3 Å². The van der Waals surface area contributed by atoms with Crippen LogP contribution in [0.2, 0.25) is 0 Å². The average Bonchev–Trinajstić information content (AvgIpc) is 3.56. The van der Waals surface area contributed by atoms with Gasteiger partial charge in [-0.05, 0) is 37.1 Å². The molecule has 1 N–H and O–H groups in total. The predicted molar refractivity (Wildman–Crippen MR) is 116 cm³/mol. The Kier molecular flexibility index (Phi) is 5.48. The second-order valence-corrected chi connectivity index (χ2v) is 11.0. The van der Waals surface area contributed by atoms with Crippen molar-refractivity contribution >= 4 is 42.8 Å². The van der Waals surface area contributed by atoms with Crippen LogP contribution in [-0.4, -0.2) is 64.4 Å². The molecule has 0 radical (unpaired) electrons. The van der Waals surface area contributed by atoms with Crippen molar-refractivity contribution in [1.82, 2.24) is 19.3 Å². The van der Waals surface area contributed by atoms with Crippen LogP contribution in [0.3, 0.4) is 0 Å². The predicted octanol–water partition coefficient (Wildman–Crippen LogP) is 2.95. The monoisotopic (exact) mass is 513 g/mol. The normalized spacial score (nSPS) is 20.1. The van der Waals surface area contributed by atoms with Gasteiger partial charge in [-0.15, -0.1) is 0 Å². The average molecular weight is 514 g/mol. The molecule has 34 heavy (non-hydrogen) atoms. The van der Waals surface area contributed by atoms with Gasteiger partial charge < -0.3 is 10.0 Å². The van der Waals surface area contributed by atoms with Crippen LogP contribution < -0.4 is 4.90 Å². The second kappa shape index (κ2) is 8.13. The number of piperazine rings is 1. The summed E-state index contributed by atoms with van der Waals surface area (Å²) in [4.78, 5) is 26.6. The summed E-state index contributed by atoms with van der Waals surface area (Å²) in [5.41, 5.74) is -0.474. The molecule has 14 heteroatoms. The fraction of sp³-hybridized carbons (Fsp3) is 0.400. The van der Waals surface area contributed by atoms with Crippen molar-refractivity contribution in [3.8, 4) is 0 Å². The Hall–Kier alpha value is -2.84. The van der Waals surface area contributed by atoms with E-state index in [1.165, 1.54) is 11.3 Å². The van der Waals surface area contributed by atoms with Gasteiger partial charge in [-0.3, -0.25) is 4.79 Å². The van der Waals surface area contributed by atoms with E-state index in [1.54, 1.807) is 11.1 Å².